The van der Waals surface area contributed by atoms with Crippen LogP contribution in [0.2, 0.25) is 0 Å². The minimum Gasteiger partial charge on any atom is -0.469 e. The Hall–Kier alpha value is -2.65. The van der Waals surface area contributed by atoms with Gasteiger partial charge in [0.15, 0.2) is 0 Å². The quantitative estimate of drug-likeness (QED) is 0.715. The number of carbonyl (C=O) groups is 2. The van der Waals surface area contributed by atoms with E-state index in [9.17, 15) is 18.0 Å². The van der Waals surface area contributed by atoms with Crippen molar-refractivity contribution in [3.63, 3.8) is 0 Å². The highest BCUT2D eigenvalue weighted by Gasteiger charge is 2.21. The maximum absolute atomic E-state index is 12.3. The molecule has 0 aliphatic carbocycles. The SMILES string of the molecule is Cc1occc1C(=O)NNS(=O)(=O)c1ccc2c(c1)CCC(=O)N2. The maximum atomic E-state index is 12.3. The fourth-order valence-corrected chi connectivity index (χ4v) is 3.28. The molecule has 8 nitrogen and oxygen atoms in total. The number of nitrogens with one attached hydrogen (secondary N) is 3. The Bertz CT molecular complexity index is 917. The molecule has 9 heteroatoms. The Morgan fingerprint density at radius 2 is 2.04 bits per heavy atom. The first-order valence-corrected chi connectivity index (χ1v) is 8.64. The van der Waals surface area contributed by atoms with Crippen molar-refractivity contribution in [2.75, 3.05) is 5.32 Å². The number of anilines is 1. The van der Waals surface area contributed by atoms with Crippen LogP contribution in [0.1, 0.15) is 28.1 Å². The summed E-state index contributed by atoms with van der Waals surface area (Å²) < 4.78 is 29.6. The zero-order valence-corrected chi connectivity index (χ0v) is 13.6. The lowest BCUT2D eigenvalue weighted by molar-refractivity contribution is -0.116. The monoisotopic (exact) mass is 349 g/mol. The van der Waals surface area contributed by atoms with Gasteiger partial charge in [-0.2, -0.15) is 0 Å². The second kappa shape index (κ2) is 6.10. The van der Waals surface area contributed by atoms with Crippen LogP contribution in [0.3, 0.4) is 0 Å². The van der Waals surface area contributed by atoms with Crippen molar-refractivity contribution >= 4 is 27.5 Å². The summed E-state index contributed by atoms with van der Waals surface area (Å²) in [7, 11) is -3.93. The lowest BCUT2D eigenvalue weighted by Gasteiger charge is -2.17. The molecular weight excluding hydrogens is 334 g/mol. The summed E-state index contributed by atoms with van der Waals surface area (Å²) in [6.45, 7) is 1.60. The fraction of sp³-hybridized carbons (Fsp3) is 0.200. The second-order valence-corrected chi connectivity index (χ2v) is 7.00. The van der Waals surface area contributed by atoms with E-state index < -0.39 is 15.9 Å². The smallest absolute Gasteiger partial charge is 0.269 e. The molecule has 0 unspecified atom stereocenters. The predicted molar refractivity (Wildman–Crippen MR) is 84.6 cm³/mol. The maximum Gasteiger partial charge on any atom is 0.269 e. The zero-order valence-electron chi connectivity index (χ0n) is 12.8. The average molecular weight is 349 g/mol. The highest BCUT2D eigenvalue weighted by atomic mass is 32.2. The average Bonchev–Trinajstić information content (AvgIpc) is 2.98. The van der Waals surface area contributed by atoms with Gasteiger partial charge >= 0.3 is 0 Å². The van der Waals surface area contributed by atoms with Gasteiger partial charge in [0.2, 0.25) is 5.91 Å². The molecule has 2 heterocycles. The Morgan fingerprint density at radius 1 is 1.25 bits per heavy atom. The first kappa shape index (κ1) is 16.2. The van der Waals surface area contributed by atoms with Gasteiger partial charge in [-0.1, -0.05) is 0 Å². The molecule has 1 aliphatic heterocycles. The number of furan rings is 1. The Morgan fingerprint density at radius 3 is 2.75 bits per heavy atom. The van der Waals surface area contributed by atoms with Crippen molar-refractivity contribution in [3.8, 4) is 0 Å². The Balaban J connectivity index is 1.75. The van der Waals surface area contributed by atoms with Crippen molar-refractivity contribution in [2.45, 2.75) is 24.7 Å². The number of hydrogen-bond donors (Lipinski definition) is 3. The molecule has 0 spiro atoms. The highest BCUT2D eigenvalue weighted by Crippen LogP contribution is 2.25. The third-order valence-electron chi connectivity index (χ3n) is 3.68. The van der Waals surface area contributed by atoms with Crippen LogP contribution in [-0.2, 0) is 21.2 Å². The third-order valence-corrected chi connectivity index (χ3v) is 4.93. The molecule has 0 saturated carbocycles. The lowest BCUT2D eigenvalue weighted by Crippen LogP contribution is -2.41. The molecule has 0 bridgehead atoms. The van der Waals surface area contributed by atoms with Crippen LogP contribution in [0.4, 0.5) is 5.69 Å². The molecule has 0 atom stereocenters. The summed E-state index contributed by atoms with van der Waals surface area (Å²) in [5.41, 5.74) is 3.72. The molecule has 0 fully saturated rings. The van der Waals surface area contributed by atoms with Crippen molar-refractivity contribution in [2.24, 2.45) is 0 Å². The van der Waals surface area contributed by atoms with Crippen LogP contribution in [0.25, 0.3) is 0 Å². The van der Waals surface area contributed by atoms with E-state index in [0.717, 1.165) is 5.56 Å². The topological polar surface area (TPSA) is 118 Å². The summed E-state index contributed by atoms with van der Waals surface area (Å²) in [4.78, 5) is 25.3. The largest absolute Gasteiger partial charge is 0.469 e. The number of carbonyl (C=O) groups excluding carboxylic acids is 2. The normalized spacial score (nSPS) is 14.0. The number of sulfonamides is 1. The Labute approximate surface area is 138 Å². The summed E-state index contributed by atoms with van der Waals surface area (Å²) >= 11 is 0. The highest BCUT2D eigenvalue weighted by molar-refractivity contribution is 7.89. The molecule has 24 heavy (non-hydrogen) atoms. The van der Waals surface area contributed by atoms with Crippen molar-refractivity contribution < 1.29 is 22.4 Å². The summed E-state index contributed by atoms with van der Waals surface area (Å²) in [6.07, 6.45) is 2.11. The number of rotatable bonds is 4. The molecule has 2 aromatic rings. The number of hydrogen-bond acceptors (Lipinski definition) is 5. The minimum atomic E-state index is -3.93. The minimum absolute atomic E-state index is 0.00149. The van der Waals surface area contributed by atoms with Gasteiger partial charge in [-0.25, -0.2) is 8.42 Å². The van der Waals surface area contributed by atoms with Crippen LogP contribution in [-0.4, -0.2) is 20.2 Å². The van der Waals surface area contributed by atoms with E-state index in [0.29, 0.717) is 24.3 Å². The van der Waals surface area contributed by atoms with Crippen molar-refractivity contribution in [1.82, 2.24) is 10.3 Å². The fourth-order valence-electron chi connectivity index (χ4n) is 2.39. The summed E-state index contributed by atoms with van der Waals surface area (Å²) in [5, 5.41) is 2.68. The van der Waals surface area contributed by atoms with Crippen LogP contribution in [0.15, 0.2) is 39.8 Å². The number of amides is 2. The van der Waals surface area contributed by atoms with Crippen LogP contribution < -0.4 is 15.6 Å². The van der Waals surface area contributed by atoms with E-state index in [1.54, 1.807) is 6.92 Å². The molecule has 0 radical (unpaired) electrons. The van der Waals surface area contributed by atoms with E-state index in [4.69, 9.17) is 4.42 Å². The van der Waals surface area contributed by atoms with E-state index in [1.165, 1.54) is 30.5 Å². The van der Waals surface area contributed by atoms with Gasteiger partial charge in [-0.15, -0.1) is 4.83 Å². The van der Waals surface area contributed by atoms with E-state index >= 15 is 0 Å². The molecular formula is C15H15N3O5S. The van der Waals surface area contributed by atoms with Crippen molar-refractivity contribution in [1.29, 1.82) is 0 Å². The molecule has 2 amide bonds. The molecule has 1 aliphatic rings. The van der Waals surface area contributed by atoms with Gasteiger partial charge < -0.3 is 9.73 Å². The number of fused-ring (bicyclic) bond motifs is 1. The van der Waals surface area contributed by atoms with Gasteiger partial charge in [0.25, 0.3) is 15.9 Å². The second-order valence-electron chi connectivity index (χ2n) is 5.32. The van der Waals surface area contributed by atoms with Gasteiger partial charge in [-0.05, 0) is 43.2 Å². The summed E-state index contributed by atoms with van der Waals surface area (Å²) in [6, 6.07) is 5.82. The Kier molecular flexibility index (Phi) is 4.12. The number of hydrazine groups is 1. The van der Waals surface area contributed by atoms with Crippen LogP contribution in [0, 0.1) is 6.92 Å². The van der Waals surface area contributed by atoms with E-state index in [1.807, 2.05) is 4.83 Å². The predicted octanol–water partition coefficient (Wildman–Crippen LogP) is 1.10. The molecule has 3 rings (SSSR count). The van der Waals surface area contributed by atoms with Gasteiger partial charge in [-0.3, -0.25) is 15.0 Å². The first-order chi connectivity index (χ1) is 11.4. The van der Waals surface area contributed by atoms with Crippen molar-refractivity contribution in [3.05, 3.63) is 47.4 Å². The molecule has 1 aromatic heterocycles. The number of aryl methyl sites for hydroxylation is 2. The number of benzene rings is 1. The zero-order chi connectivity index (χ0) is 17.3. The molecule has 1 aromatic carbocycles. The third kappa shape index (κ3) is 3.17. The van der Waals surface area contributed by atoms with Gasteiger partial charge in [0, 0.05) is 12.1 Å². The van der Waals surface area contributed by atoms with E-state index in [-0.39, 0.29) is 16.4 Å². The lowest BCUT2D eigenvalue weighted by atomic mass is 10.0. The van der Waals surface area contributed by atoms with Crippen LogP contribution in [0.5, 0.6) is 0 Å². The summed E-state index contributed by atoms with van der Waals surface area (Å²) in [5.74, 6) is -0.328. The first-order valence-electron chi connectivity index (χ1n) is 7.16. The van der Waals surface area contributed by atoms with Gasteiger partial charge in [0.1, 0.15) is 5.76 Å². The van der Waals surface area contributed by atoms with Gasteiger partial charge in [0.05, 0.1) is 16.7 Å². The molecule has 0 saturated heterocycles. The molecule has 126 valence electrons. The molecule has 3 N–H and O–H groups in total. The van der Waals surface area contributed by atoms with E-state index in [2.05, 4.69) is 10.7 Å². The van der Waals surface area contributed by atoms with Crippen LogP contribution >= 0.6 is 0 Å². The standard InChI is InChI=1S/C15H15N3O5S/c1-9-12(6-7-23-9)15(20)17-18-24(21,22)11-3-4-13-10(8-11)2-5-14(19)16-13/h3-4,6-8,18H,2,5H2,1H3,(H,16,19)(H,17,20).